The molecule has 0 saturated carbocycles. The van der Waals surface area contributed by atoms with Crippen LogP contribution in [0.15, 0.2) is 0 Å². The highest BCUT2D eigenvalue weighted by Gasteiger charge is 1.75. The lowest BCUT2D eigenvalue weighted by molar-refractivity contribution is 0.702. The number of hydrogen-bond acceptors (Lipinski definition) is 1. The second-order valence-corrected chi connectivity index (χ2v) is 2.66. The van der Waals surface area contributed by atoms with Crippen LogP contribution in [0.3, 0.4) is 0 Å². The summed E-state index contributed by atoms with van der Waals surface area (Å²) in [7, 11) is 0. The summed E-state index contributed by atoms with van der Waals surface area (Å²) in [4.78, 5) is 0. The van der Waals surface area contributed by atoms with Crippen molar-refractivity contribution in [1.82, 2.24) is 5.32 Å². The van der Waals surface area contributed by atoms with Crippen LogP contribution in [0, 0.1) is 0 Å². The first-order valence-electron chi connectivity index (χ1n) is 5.04. The molecule has 2 heteroatoms. The average Bonchev–Trinajstić information content (AvgIpc) is 2.04. The van der Waals surface area contributed by atoms with Crippen LogP contribution < -0.4 is 5.32 Å². The molecule has 0 atom stereocenters. The molecule has 0 heterocycles. The second kappa shape index (κ2) is 22.5. The van der Waals surface area contributed by atoms with Gasteiger partial charge in [0.2, 0.25) is 0 Å². The molecular weight excluding hydrogens is 161 g/mol. The summed E-state index contributed by atoms with van der Waals surface area (Å²) >= 11 is 0. The molecule has 0 aromatic heterocycles. The Balaban J connectivity index is -0.000000126. The molecule has 0 aromatic carbocycles. The number of unbranched alkanes of at least 4 members (excludes halogenated alkanes) is 3. The molecule has 0 spiro atoms. The van der Waals surface area contributed by atoms with Gasteiger partial charge in [0, 0.05) is 0 Å². The minimum atomic E-state index is 0. The van der Waals surface area contributed by atoms with Gasteiger partial charge in [-0.2, -0.15) is 0 Å². The first kappa shape index (κ1) is 18.3. The molecule has 76 valence electrons. The van der Waals surface area contributed by atoms with E-state index in [9.17, 15) is 0 Å². The highest BCUT2D eigenvalue weighted by molar-refractivity contribution is 5.75. The first-order chi connectivity index (χ1) is 5.33. The molecule has 0 radical (unpaired) electrons. The summed E-state index contributed by atoms with van der Waals surface area (Å²) in [5, 5.41) is 3.11. The molecule has 0 unspecified atom stereocenters. The van der Waals surface area contributed by atoms with Crippen LogP contribution in [-0.4, -0.2) is 30.5 Å². The number of rotatable bonds is 5. The lowest BCUT2D eigenvalue weighted by Crippen LogP contribution is -2.09. The maximum absolute atomic E-state index is 3.11. The average molecular weight is 189 g/mol. The molecule has 0 aliphatic heterocycles. The van der Waals surface area contributed by atoms with Crippen molar-refractivity contribution in [3.05, 3.63) is 0 Å². The Bertz CT molecular complexity index is 43.1. The Morgan fingerprint density at radius 3 is 1.17 bits per heavy atom. The third-order valence-electron chi connectivity index (χ3n) is 1.46. The van der Waals surface area contributed by atoms with Gasteiger partial charge in [0.05, 0.1) is 0 Å². The molecule has 0 rings (SSSR count). The third kappa shape index (κ3) is 31.3. The van der Waals surface area contributed by atoms with Crippen LogP contribution in [0.5, 0.6) is 0 Å². The molecule has 0 aromatic rings. The van der Waals surface area contributed by atoms with Gasteiger partial charge in [0.1, 0.15) is 0 Å². The Kier molecular flexibility index (Phi) is 34.4. The van der Waals surface area contributed by atoms with E-state index in [1.165, 1.54) is 25.7 Å². The summed E-state index contributed by atoms with van der Waals surface area (Å²) in [6.07, 6.45) is 5.54. The second-order valence-electron chi connectivity index (χ2n) is 2.66. The quantitative estimate of drug-likeness (QED) is 0.515. The van der Waals surface area contributed by atoms with E-state index in [1.54, 1.807) is 0 Å². The van der Waals surface area contributed by atoms with Crippen molar-refractivity contribution in [3.63, 3.8) is 0 Å². The van der Waals surface area contributed by atoms with Gasteiger partial charge in [-0.05, 0) is 13.1 Å². The predicted octanol–water partition coefficient (Wildman–Crippen LogP) is 2.02. The first-order valence-corrected chi connectivity index (χ1v) is 5.04. The van der Waals surface area contributed by atoms with Crippen LogP contribution in [0.4, 0.5) is 0 Å². The summed E-state index contributed by atoms with van der Waals surface area (Å²) in [5.74, 6) is 0. The van der Waals surface area contributed by atoms with E-state index in [-0.39, 0.29) is 17.4 Å². The van der Waals surface area contributed by atoms with Crippen molar-refractivity contribution < 1.29 is 0 Å². The Labute approximate surface area is 89.5 Å². The smallest absolute Gasteiger partial charge is 0.187 e. The summed E-state index contributed by atoms with van der Waals surface area (Å²) in [5.41, 5.74) is 0. The maximum Gasteiger partial charge on any atom is 0.187 e. The van der Waals surface area contributed by atoms with Crippen molar-refractivity contribution in [2.24, 2.45) is 0 Å². The molecular formula is C10H28AlN. The topological polar surface area (TPSA) is 12.0 Å². The molecule has 12 heavy (non-hydrogen) atoms. The highest BCUT2D eigenvalue weighted by atomic mass is 27.0. The van der Waals surface area contributed by atoms with E-state index in [0.717, 1.165) is 13.1 Å². The van der Waals surface area contributed by atoms with Gasteiger partial charge >= 0.3 is 0 Å². The molecule has 0 fully saturated rings. The van der Waals surface area contributed by atoms with Gasteiger partial charge in [-0.3, -0.25) is 0 Å². The van der Waals surface area contributed by atoms with Crippen molar-refractivity contribution in [2.45, 2.75) is 53.4 Å². The molecule has 1 nitrogen and oxygen atoms in total. The maximum atomic E-state index is 3.11. The molecule has 0 amide bonds. The summed E-state index contributed by atoms with van der Waals surface area (Å²) in [6.45, 7) is 10.9. The number of hydrogen-bond donors (Lipinski definition) is 1. The van der Waals surface area contributed by atoms with Crippen molar-refractivity contribution in [3.8, 4) is 0 Å². The summed E-state index contributed by atoms with van der Waals surface area (Å²) < 4.78 is 0. The fourth-order valence-electron chi connectivity index (χ4n) is 0.750. The lowest BCUT2D eigenvalue weighted by atomic mass is 10.2. The van der Waals surface area contributed by atoms with Gasteiger partial charge in [-0.1, -0.05) is 53.4 Å². The van der Waals surface area contributed by atoms with Crippen LogP contribution in [0.1, 0.15) is 53.4 Å². The fraction of sp³-hybridized carbons (Fsp3) is 1.00. The minimum Gasteiger partial charge on any atom is -0.317 e. The van der Waals surface area contributed by atoms with Crippen molar-refractivity contribution in [1.29, 1.82) is 0 Å². The Morgan fingerprint density at radius 1 is 0.750 bits per heavy atom. The van der Waals surface area contributed by atoms with Crippen LogP contribution >= 0.6 is 0 Å². The lowest BCUT2D eigenvalue weighted by Gasteiger charge is -1.86. The van der Waals surface area contributed by atoms with Crippen LogP contribution in [0.2, 0.25) is 0 Å². The molecule has 1 N–H and O–H groups in total. The molecule has 0 aliphatic carbocycles. The Hall–Kier alpha value is 0.492. The highest BCUT2D eigenvalue weighted by Crippen LogP contribution is 1.95. The van der Waals surface area contributed by atoms with Crippen LogP contribution in [-0.2, 0) is 0 Å². The van der Waals surface area contributed by atoms with Gasteiger partial charge < -0.3 is 5.32 Å². The predicted molar refractivity (Wildman–Crippen MR) is 64.0 cm³/mol. The number of nitrogens with one attached hydrogen (secondary N) is 1. The van der Waals surface area contributed by atoms with Gasteiger partial charge in [0.25, 0.3) is 0 Å². The van der Waals surface area contributed by atoms with E-state index >= 15 is 0 Å². The minimum absolute atomic E-state index is 0. The zero-order chi connectivity index (χ0) is 8.95. The van der Waals surface area contributed by atoms with E-state index in [1.807, 2.05) is 0 Å². The molecule has 0 bridgehead atoms. The monoisotopic (exact) mass is 189 g/mol. The largest absolute Gasteiger partial charge is 0.317 e. The normalized spacial score (nSPS) is 8.00. The zero-order valence-corrected chi connectivity index (χ0v) is 8.74. The van der Waals surface area contributed by atoms with Crippen molar-refractivity contribution >= 4 is 17.4 Å². The van der Waals surface area contributed by atoms with Gasteiger partial charge in [-0.25, -0.2) is 0 Å². The fourth-order valence-corrected chi connectivity index (χ4v) is 0.750. The van der Waals surface area contributed by atoms with Crippen molar-refractivity contribution in [2.75, 3.05) is 13.1 Å². The van der Waals surface area contributed by atoms with E-state index in [2.05, 4.69) is 33.0 Å². The van der Waals surface area contributed by atoms with E-state index < -0.39 is 0 Å². The molecule has 0 saturated heterocycles. The van der Waals surface area contributed by atoms with E-state index in [4.69, 9.17) is 0 Å². The summed E-state index contributed by atoms with van der Waals surface area (Å²) in [6, 6.07) is 0. The molecule has 0 aliphatic rings. The zero-order valence-electron chi connectivity index (χ0n) is 8.74. The van der Waals surface area contributed by atoms with Gasteiger partial charge in [-0.15, -0.1) is 0 Å². The SMILES string of the molecule is CCCCCC.CCNCC.[AlH3]. The third-order valence-corrected chi connectivity index (χ3v) is 1.46. The van der Waals surface area contributed by atoms with E-state index in [0.29, 0.717) is 0 Å². The van der Waals surface area contributed by atoms with Crippen LogP contribution in [0.25, 0.3) is 0 Å². The Morgan fingerprint density at radius 2 is 1.08 bits per heavy atom. The van der Waals surface area contributed by atoms with Gasteiger partial charge in [0.15, 0.2) is 17.4 Å². The standard InChI is InChI=1S/C6H14.C4H11N.Al.3H/c1-3-5-6-4-2;1-3-5-4-2;;;;/h3-6H2,1-2H3;5H,3-4H2,1-2H3;;;;.